The third kappa shape index (κ3) is 3.16. The fourth-order valence-corrected chi connectivity index (χ4v) is 2.37. The van der Waals surface area contributed by atoms with Gasteiger partial charge in [-0.1, -0.05) is 11.6 Å². The van der Waals surface area contributed by atoms with Crippen molar-refractivity contribution in [2.45, 2.75) is 13.8 Å². The van der Waals surface area contributed by atoms with Crippen LogP contribution in [0.25, 0.3) is 0 Å². The second kappa shape index (κ2) is 5.75. The van der Waals surface area contributed by atoms with Gasteiger partial charge in [0.15, 0.2) is 0 Å². The van der Waals surface area contributed by atoms with E-state index >= 15 is 0 Å². The van der Waals surface area contributed by atoms with Crippen molar-refractivity contribution >= 4 is 33.3 Å². The van der Waals surface area contributed by atoms with Gasteiger partial charge in [0.05, 0.1) is 10.0 Å². The molecule has 6 heteroatoms. The Hall–Kier alpha value is -1.33. The lowest BCUT2D eigenvalue weighted by atomic mass is 10.3. The molecule has 0 aliphatic rings. The van der Waals surface area contributed by atoms with E-state index in [0.29, 0.717) is 22.5 Å². The fraction of sp³-hybridized carbons (Fsp3) is 0.231. The van der Waals surface area contributed by atoms with Crippen LogP contribution in [0.3, 0.4) is 0 Å². The van der Waals surface area contributed by atoms with Gasteiger partial charge in [-0.25, -0.2) is 4.98 Å². The summed E-state index contributed by atoms with van der Waals surface area (Å²) < 4.78 is 6.60. The molecule has 19 heavy (non-hydrogen) atoms. The normalized spacial score (nSPS) is 10.4. The number of ether oxygens (including phenoxy) is 1. The molecular weight excluding hydrogens is 330 g/mol. The standard InChI is InChI=1S/C13H13BrClN3O/c1-7-12(16-3)17-8(2)18-13(7)19-11-5-4-9(15)6-10(11)14/h4-6H,1-3H3,(H,16,17,18). The molecule has 0 unspecified atom stereocenters. The summed E-state index contributed by atoms with van der Waals surface area (Å²) in [6.45, 7) is 3.73. The minimum absolute atomic E-state index is 0.528. The van der Waals surface area contributed by atoms with E-state index in [1.807, 2.05) is 20.9 Å². The van der Waals surface area contributed by atoms with Gasteiger partial charge in [0.25, 0.3) is 0 Å². The molecule has 0 bridgehead atoms. The first-order valence-electron chi connectivity index (χ1n) is 5.67. The molecule has 0 amide bonds. The molecule has 0 aliphatic carbocycles. The lowest BCUT2D eigenvalue weighted by Gasteiger charge is -2.12. The average Bonchev–Trinajstić information content (AvgIpc) is 2.36. The summed E-state index contributed by atoms with van der Waals surface area (Å²) in [5.41, 5.74) is 0.856. The predicted molar refractivity (Wildman–Crippen MR) is 80.3 cm³/mol. The monoisotopic (exact) mass is 341 g/mol. The first-order chi connectivity index (χ1) is 9.01. The molecule has 0 aliphatic heterocycles. The van der Waals surface area contributed by atoms with Crippen LogP contribution in [0, 0.1) is 13.8 Å². The minimum Gasteiger partial charge on any atom is -0.437 e. The molecule has 100 valence electrons. The Labute approximate surface area is 125 Å². The summed E-state index contributed by atoms with van der Waals surface area (Å²) in [6.07, 6.45) is 0. The van der Waals surface area contributed by atoms with E-state index in [-0.39, 0.29) is 0 Å². The first-order valence-corrected chi connectivity index (χ1v) is 6.84. The molecule has 1 aromatic heterocycles. The third-order valence-corrected chi connectivity index (χ3v) is 3.41. The smallest absolute Gasteiger partial charge is 0.227 e. The topological polar surface area (TPSA) is 47.0 Å². The summed E-state index contributed by atoms with van der Waals surface area (Å²) >= 11 is 9.32. The number of rotatable bonds is 3. The van der Waals surface area contributed by atoms with E-state index in [1.165, 1.54) is 0 Å². The Morgan fingerprint density at radius 2 is 2.00 bits per heavy atom. The van der Waals surface area contributed by atoms with Crippen LogP contribution < -0.4 is 10.1 Å². The van der Waals surface area contributed by atoms with Crippen LogP contribution in [0.2, 0.25) is 5.02 Å². The van der Waals surface area contributed by atoms with Gasteiger partial charge in [-0.2, -0.15) is 4.98 Å². The van der Waals surface area contributed by atoms with Crippen molar-refractivity contribution < 1.29 is 4.74 Å². The second-order valence-corrected chi connectivity index (χ2v) is 5.27. The molecule has 2 rings (SSSR count). The van der Waals surface area contributed by atoms with Crippen molar-refractivity contribution in [3.8, 4) is 11.6 Å². The number of hydrogen-bond acceptors (Lipinski definition) is 4. The number of aryl methyl sites for hydroxylation is 1. The Morgan fingerprint density at radius 1 is 1.26 bits per heavy atom. The summed E-state index contributed by atoms with van der Waals surface area (Å²) in [6, 6.07) is 5.34. The zero-order valence-corrected chi connectivity index (χ0v) is 13.1. The minimum atomic E-state index is 0.528. The molecule has 0 saturated heterocycles. The maximum absolute atomic E-state index is 5.90. The van der Waals surface area contributed by atoms with Gasteiger partial charge in [-0.3, -0.25) is 0 Å². The Bertz CT molecular complexity index is 619. The highest BCUT2D eigenvalue weighted by Gasteiger charge is 2.12. The number of halogens is 2. The van der Waals surface area contributed by atoms with Gasteiger partial charge in [0, 0.05) is 12.1 Å². The average molecular weight is 343 g/mol. The lowest BCUT2D eigenvalue weighted by molar-refractivity contribution is 0.453. The highest BCUT2D eigenvalue weighted by atomic mass is 79.9. The number of anilines is 1. The summed E-state index contributed by atoms with van der Waals surface area (Å²) in [5.74, 6) is 2.59. The van der Waals surface area contributed by atoms with Gasteiger partial charge in [-0.05, 0) is 48.0 Å². The van der Waals surface area contributed by atoms with Gasteiger partial charge in [-0.15, -0.1) is 0 Å². The van der Waals surface area contributed by atoms with E-state index in [0.717, 1.165) is 15.9 Å². The fourth-order valence-electron chi connectivity index (χ4n) is 1.61. The molecule has 1 heterocycles. The zero-order valence-electron chi connectivity index (χ0n) is 10.8. The zero-order chi connectivity index (χ0) is 14.0. The molecule has 2 aromatic rings. The van der Waals surface area contributed by atoms with E-state index in [9.17, 15) is 0 Å². The van der Waals surface area contributed by atoms with Crippen molar-refractivity contribution in [2.75, 3.05) is 12.4 Å². The van der Waals surface area contributed by atoms with E-state index in [2.05, 4.69) is 31.2 Å². The van der Waals surface area contributed by atoms with Crippen LogP contribution in [-0.4, -0.2) is 17.0 Å². The molecule has 1 N–H and O–H groups in total. The van der Waals surface area contributed by atoms with Gasteiger partial charge in [0.1, 0.15) is 17.4 Å². The van der Waals surface area contributed by atoms with Crippen molar-refractivity contribution in [3.63, 3.8) is 0 Å². The second-order valence-electron chi connectivity index (χ2n) is 3.98. The third-order valence-electron chi connectivity index (χ3n) is 2.55. The number of aromatic nitrogens is 2. The van der Waals surface area contributed by atoms with Crippen LogP contribution in [0.1, 0.15) is 11.4 Å². The summed E-state index contributed by atoms with van der Waals surface area (Å²) in [5, 5.41) is 3.67. The molecular formula is C13H13BrClN3O. The Balaban J connectivity index is 2.40. The predicted octanol–water partition coefficient (Wildman–Crippen LogP) is 4.34. The van der Waals surface area contributed by atoms with Crippen molar-refractivity contribution in [1.29, 1.82) is 0 Å². The van der Waals surface area contributed by atoms with Crippen LogP contribution in [0.5, 0.6) is 11.6 Å². The highest BCUT2D eigenvalue weighted by molar-refractivity contribution is 9.10. The van der Waals surface area contributed by atoms with Crippen molar-refractivity contribution in [2.24, 2.45) is 0 Å². The van der Waals surface area contributed by atoms with E-state index < -0.39 is 0 Å². The number of nitrogens with zero attached hydrogens (tertiary/aromatic N) is 2. The molecule has 0 atom stereocenters. The molecule has 0 fully saturated rings. The maximum atomic E-state index is 5.90. The molecule has 0 saturated carbocycles. The van der Waals surface area contributed by atoms with Gasteiger partial charge < -0.3 is 10.1 Å². The molecule has 0 radical (unpaired) electrons. The number of benzene rings is 1. The quantitative estimate of drug-likeness (QED) is 0.901. The van der Waals surface area contributed by atoms with Crippen LogP contribution in [-0.2, 0) is 0 Å². The van der Waals surface area contributed by atoms with Gasteiger partial charge >= 0.3 is 0 Å². The van der Waals surface area contributed by atoms with Crippen molar-refractivity contribution in [3.05, 3.63) is 39.1 Å². The Morgan fingerprint density at radius 3 is 2.63 bits per heavy atom. The van der Waals surface area contributed by atoms with E-state index in [4.69, 9.17) is 16.3 Å². The van der Waals surface area contributed by atoms with Crippen molar-refractivity contribution in [1.82, 2.24) is 9.97 Å². The van der Waals surface area contributed by atoms with Gasteiger partial charge in [0.2, 0.25) is 5.88 Å². The lowest BCUT2D eigenvalue weighted by Crippen LogP contribution is -2.03. The first kappa shape index (κ1) is 14.1. The maximum Gasteiger partial charge on any atom is 0.227 e. The van der Waals surface area contributed by atoms with Crippen LogP contribution in [0.15, 0.2) is 22.7 Å². The highest BCUT2D eigenvalue weighted by Crippen LogP contribution is 2.33. The summed E-state index contributed by atoms with van der Waals surface area (Å²) in [7, 11) is 1.82. The van der Waals surface area contributed by atoms with E-state index in [1.54, 1.807) is 18.2 Å². The van der Waals surface area contributed by atoms with Crippen LogP contribution >= 0.6 is 27.5 Å². The molecule has 0 spiro atoms. The van der Waals surface area contributed by atoms with Crippen LogP contribution in [0.4, 0.5) is 5.82 Å². The number of hydrogen-bond donors (Lipinski definition) is 1. The Kier molecular flexibility index (Phi) is 4.27. The molecule has 4 nitrogen and oxygen atoms in total. The molecule has 1 aromatic carbocycles. The SMILES string of the molecule is CNc1nc(C)nc(Oc2ccc(Cl)cc2Br)c1C. The number of nitrogens with one attached hydrogen (secondary N) is 1. The largest absolute Gasteiger partial charge is 0.437 e. The summed E-state index contributed by atoms with van der Waals surface area (Å²) in [4.78, 5) is 8.61.